The lowest BCUT2D eigenvalue weighted by atomic mass is 9.83. The summed E-state index contributed by atoms with van der Waals surface area (Å²) in [5, 5.41) is 8.75. The van der Waals surface area contributed by atoms with E-state index in [0.717, 1.165) is 24.5 Å². The van der Waals surface area contributed by atoms with Crippen LogP contribution >= 0.6 is 0 Å². The number of carbonyl (C=O) groups is 1. The van der Waals surface area contributed by atoms with Crippen molar-refractivity contribution in [2.45, 2.75) is 32.3 Å². The summed E-state index contributed by atoms with van der Waals surface area (Å²) in [7, 11) is 0. The van der Waals surface area contributed by atoms with Crippen LogP contribution < -0.4 is 0 Å². The Labute approximate surface area is 101 Å². The molecule has 1 aliphatic carbocycles. The predicted octanol–water partition coefficient (Wildman–Crippen LogP) is 3.09. The van der Waals surface area contributed by atoms with Crippen molar-refractivity contribution < 1.29 is 14.6 Å². The smallest absolute Gasteiger partial charge is 0.335 e. The fourth-order valence-electron chi connectivity index (χ4n) is 1.97. The van der Waals surface area contributed by atoms with Crippen LogP contribution in [-0.2, 0) is 11.3 Å². The van der Waals surface area contributed by atoms with Crippen LogP contribution in [0.2, 0.25) is 0 Å². The molecular weight excluding hydrogens is 216 g/mol. The molecule has 1 aromatic rings. The molecule has 0 bridgehead atoms. The quantitative estimate of drug-likeness (QED) is 0.769. The molecule has 3 nitrogen and oxygen atoms in total. The topological polar surface area (TPSA) is 46.5 Å². The van der Waals surface area contributed by atoms with Gasteiger partial charge in [-0.25, -0.2) is 4.79 Å². The van der Waals surface area contributed by atoms with Gasteiger partial charge in [0.05, 0.1) is 12.2 Å². The van der Waals surface area contributed by atoms with Gasteiger partial charge in [-0.1, -0.05) is 31.4 Å². The van der Waals surface area contributed by atoms with Crippen molar-refractivity contribution in [1.82, 2.24) is 0 Å². The molecule has 1 fully saturated rings. The monoisotopic (exact) mass is 234 g/mol. The zero-order valence-electron chi connectivity index (χ0n) is 9.89. The fourth-order valence-corrected chi connectivity index (χ4v) is 1.97. The molecule has 0 unspecified atom stereocenters. The van der Waals surface area contributed by atoms with Crippen molar-refractivity contribution in [3.63, 3.8) is 0 Å². The minimum Gasteiger partial charge on any atom is -0.478 e. The van der Waals surface area contributed by atoms with E-state index in [1.807, 2.05) is 12.1 Å². The third-order valence-corrected chi connectivity index (χ3v) is 3.36. The third-order valence-electron chi connectivity index (χ3n) is 3.36. The zero-order valence-corrected chi connectivity index (χ0v) is 9.89. The maximum Gasteiger partial charge on any atom is 0.335 e. The van der Waals surface area contributed by atoms with E-state index in [4.69, 9.17) is 9.84 Å². The second-order valence-corrected chi connectivity index (χ2v) is 4.64. The Balaban J connectivity index is 1.69. The summed E-state index contributed by atoms with van der Waals surface area (Å²) < 4.78 is 5.58. The highest BCUT2D eigenvalue weighted by atomic mass is 16.5. The summed E-state index contributed by atoms with van der Waals surface area (Å²) in [6.07, 6.45) is 5.25. The maximum absolute atomic E-state index is 10.7. The van der Waals surface area contributed by atoms with Crippen molar-refractivity contribution in [3.8, 4) is 0 Å². The highest BCUT2D eigenvalue weighted by Crippen LogP contribution is 2.29. The summed E-state index contributed by atoms with van der Waals surface area (Å²) in [5.74, 6) is -0.00756. The number of carboxylic acid groups (broad SMARTS) is 1. The molecule has 1 aromatic carbocycles. The van der Waals surface area contributed by atoms with E-state index in [0.29, 0.717) is 12.2 Å². The van der Waals surface area contributed by atoms with Gasteiger partial charge in [0.1, 0.15) is 0 Å². The number of carboxylic acids is 1. The van der Waals surface area contributed by atoms with Crippen LogP contribution in [0.25, 0.3) is 0 Å². The molecule has 17 heavy (non-hydrogen) atoms. The van der Waals surface area contributed by atoms with Gasteiger partial charge in [-0.05, 0) is 30.0 Å². The van der Waals surface area contributed by atoms with Gasteiger partial charge < -0.3 is 9.84 Å². The first kappa shape index (κ1) is 12.1. The normalized spacial score (nSPS) is 15.5. The van der Waals surface area contributed by atoms with E-state index in [1.165, 1.54) is 19.3 Å². The van der Waals surface area contributed by atoms with Crippen LogP contribution in [0.15, 0.2) is 24.3 Å². The number of ether oxygens (including phenoxy) is 1. The third kappa shape index (κ3) is 3.56. The van der Waals surface area contributed by atoms with Crippen molar-refractivity contribution in [2.75, 3.05) is 6.61 Å². The Morgan fingerprint density at radius 1 is 1.29 bits per heavy atom. The van der Waals surface area contributed by atoms with Gasteiger partial charge in [-0.15, -0.1) is 0 Å². The zero-order chi connectivity index (χ0) is 12.1. The average molecular weight is 234 g/mol. The summed E-state index contributed by atoms with van der Waals surface area (Å²) in [4.78, 5) is 10.7. The van der Waals surface area contributed by atoms with Crippen molar-refractivity contribution in [1.29, 1.82) is 0 Å². The molecule has 0 atom stereocenters. The van der Waals surface area contributed by atoms with Crippen LogP contribution in [0.5, 0.6) is 0 Å². The molecule has 0 radical (unpaired) electrons. The summed E-state index contributed by atoms with van der Waals surface area (Å²) in [5.41, 5.74) is 1.35. The first-order valence-electron chi connectivity index (χ1n) is 6.15. The molecular formula is C14H18O3. The summed E-state index contributed by atoms with van der Waals surface area (Å²) >= 11 is 0. The number of hydrogen-bond donors (Lipinski definition) is 1. The Kier molecular flexibility index (Phi) is 4.15. The molecule has 1 N–H and O–H groups in total. The van der Waals surface area contributed by atoms with Gasteiger partial charge in [-0.3, -0.25) is 0 Å². The lowest BCUT2D eigenvalue weighted by Gasteiger charge is -2.24. The second kappa shape index (κ2) is 5.82. The lowest BCUT2D eigenvalue weighted by Crippen LogP contribution is -2.13. The van der Waals surface area contributed by atoms with E-state index < -0.39 is 5.97 Å². The minimum atomic E-state index is -0.887. The number of rotatable bonds is 6. The number of aromatic carboxylic acids is 1. The molecule has 2 rings (SSSR count). The predicted molar refractivity (Wildman–Crippen MR) is 65.0 cm³/mol. The Morgan fingerprint density at radius 3 is 2.53 bits per heavy atom. The van der Waals surface area contributed by atoms with Crippen LogP contribution in [0.4, 0.5) is 0 Å². The van der Waals surface area contributed by atoms with Gasteiger partial charge in [0.15, 0.2) is 0 Å². The summed E-state index contributed by atoms with van der Waals surface area (Å²) in [6.45, 7) is 1.39. The SMILES string of the molecule is O=C(O)c1ccc(COCCC2CCC2)cc1. The van der Waals surface area contributed by atoms with E-state index in [1.54, 1.807) is 12.1 Å². The molecule has 0 aromatic heterocycles. The Bertz CT molecular complexity index is 366. The van der Waals surface area contributed by atoms with Gasteiger partial charge in [0, 0.05) is 6.61 Å². The van der Waals surface area contributed by atoms with E-state index in [9.17, 15) is 4.79 Å². The molecule has 3 heteroatoms. The molecule has 0 heterocycles. The highest BCUT2D eigenvalue weighted by Gasteiger charge is 2.16. The first-order valence-corrected chi connectivity index (χ1v) is 6.15. The molecule has 1 saturated carbocycles. The number of benzene rings is 1. The Morgan fingerprint density at radius 2 is 2.00 bits per heavy atom. The van der Waals surface area contributed by atoms with Crippen LogP contribution in [0.3, 0.4) is 0 Å². The molecule has 0 saturated heterocycles. The van der Waals surface area contributed by atoms with Crippen molar-refractivity contribution in [2.24, 2.45) is 5.92 Å². The average Bonchev–Trinajstić information content (AvgIpc) is 2.27. The summed E-state index contributed by atoms with van der Waals surface area (Å²) in [6, 6.07) is 6.86. The minimum absolute atomic E-state index is 0.322. The van der Waals surface area contributed by atoms with Gasteiger partial charge >= 0.3 is 5.97 Å². The second-order valence-electron chi connectivity index (χ2n) is 4.64. The van der Waals surface area contributed by atoms with Gasteiger partial charge in [0.25, 0.3) is 0 Å². The Hall–Kier alpha value is -1.35. The van der Waals surface area contributed by atoms with Gasteiger partial charge in [0.2, 0.25) is 0 Å². The maximum atomic E-state index is 10.7. The van der Waals surface area contributed by atoms with Crippen LogP contribution in [-0.4, -0.2) is 17.7 Å². The largest absolute Gasteiger partial charge is 0.478 e. The van der Waals surface area contributed by atoms with Crippen molar-refractivity contribution >= 4 is 5.97 Å². The van der Waals surface area contributed by atoms with E-state index in [2.05, 4.69) is 0 Å². The molecule has 92 valence electrons. The molecule has 0 spiro atoms. The van der Waals surface area contributed by atoms with Crippen molar-refractivity contribution in [3.05, 3.63) is 35.4 Å². The molecule has 1 aliphatic rings. The lowest BCUT2D eigenvalue weighted by molar-refractivity contribution is 0.0696. The molecule has 0 amide bonds. The van der Waals surface area contributed by atoms with Gasteiger partial charge in [-0.2, -0.15) is 0 Å². The molecule has 0 aliphatic heterocycles. The standard InChI is InChI=1S/C14H18O3/c15-14(16)13-6-4-12(5-7-13)10-17-9-8-11-2-1-3-11/h4-7,11H,1-3,8-10H2,(H,15,16). The van der Waals surface area contributed by atoms with E-state index >= 15 is 0 Å². The number of hydrogen-bond acceptors (Lipinski definition) is 2. The first-order chi connectivity index (χ1) is 8.25. The van der Waals surface area contributed by atoms with Crippen LogP contribution in [0, 0.1) is 5.92 Å². The fraction of sp³-hybridized carbons (Fsp3) is 0.500. The van der Waals surface area contributed by atoms with E-state index in [-0.39, 0.29) is 0 Å². The highest BCUT2D eigenvalue weighted by molar-refractivity contribution is 5.87. The van der Waals surface area contributed by atoms with Crippen LogP contribution in [0.1, 0.15) is 41.6 Å².